The second kappa shape index (κ2) is 6.33. The average molecular weight is 310 g/mol. The first kappa shape index (κ1) is 14.8. The number of hydrogen-bond acceptors (Lipinski definition) is 3. The largest absolute Gasteiger partial charge is 0.316 e. The molecule has 0 saturated heterocycles. The van der Waals surface area contributed by atoms with Crippen molar-refractivity contribution in [2.45, 2.75) is 32.6 Å². The maximum Gasteiger partial charge on any atom is 0.229 e. The van der Waals surface area contributed by atoms with Gasteiger partial charge < -0.3 is 5.32 Å². The molecule has 0 aliphatic heterocycles. The van der Waals surface area contributed by atoms with Crippen molar-refractivity contribution >= 4 is 22.2 Å². The van der Waals surface area contributed by atoms with Crippen molar-refractivity contribution in [3.63, 3.8) is 0 Å². The Hall–Kier alpha value is -2.12. The first-order chi connectivity index (χ1) is 10.7. The van der Waals surface area contributed by atoms with E-state index in [0.29, 0.717) is 17.9 Å². The van der Waals surface area contributed by atoms with Crippen molar-refractivity contribution in [3.05, 3.63) is 51.9 Å². The van der Waals surface area contributed by atoms with Crippen LogP contribution in [0.3, 0.4) is 0 Å². The van der Waals surface area contributed by atoms with Crippen molar-refractivity contribution in [1.29, 1.82) is 5.26 Å². The fourth-order valence-electron chi connectivity index (χ4n) is 2.92. The molecule has 1 N–H and O–H groups in total. The van der Waals surface area contributed by atoms with Gasteiger partial charge in [0, 0.05) is 4.88 Å². The zero-order chi connectivity index (χ0) is 15.5. The third-order valence-electron chi connectivity index (χ3n) is 4.08. The second-order valence-electron chi connectivity index (χ2n) is 5.88. The van der Waals surface area contributed by atoms with E-state index < -0.39 is 0 Å². The molecule has 1 aromatic heterocycles. The van der Waals surface area contributed by atoms with E-state index in [1.165, 1.54) is 4.88 Å². The van der Waals surface area contributed by atoms with E-state index >= 15 is 0 Å². The molecule has 1 aliphatic rings. The summed E-state index contributed by atoms with van der Waals surface area (Å²) in [5.74, 6) is 0.552. The van der Waals surface area contributed by atoms with Crippen LogP contribution in [0, 0.1) is 17.2 Å². The van der Waals surface area contributed by atoms with Crippen LogP contribution in [0.5, 0.6) is 0 Å². The van der Waals surface area contributed by atoms with Crippen LogP contribution in [0.1, 0.15) is 34.9 Å². The number of amides is 1. The number of nitrogens with one attached hydrogen (secondary N) is 1. The van der Waals surface area contributed by atoms with E-state index in [0.717, 1.165) is 35.4 Å². The molecule has 0 fully saturated rings. The molecule has 3 nitrogen and oxygen atoms in total. The predicted molar refractivity (Wildman–Crippen MR) is 89.0 cm³/mol. The normalized spacial score (nSPS) is 16.6. The minimum Gasteiger partial charge on any atom is -0.316 e. The minimum absolute atomic E-state index is 0.0608. The number of nitrogens with zero attached hydrogens (tertiary/aromatic N) is 1. The molecule has 0 spiro atoms. The molecule has 2 aromatic rings. The summed E-state index contributed by atoms with van der Waals surface area (Å²) in [5.41, 5.74) is 2.81. The van der Waals surface area contributed by atoms with Gasteiger partial charge in [-0.1, -0.05) is 37.3 Å². The zero-order valence-electron chi connectivity index (χ0n) is 12.6. The fraction of sp³-hybridized carbons (Fsp3) is 0.333. The monoisotopic (exact) mass is 310 g/mol. The van der Waals surface area contributed by atoms with Gasteiger partial charge in [0.25, 0.3) is 0 Å². The smallest absolute Gasteiger partial charge is 0.229 e. The predicted octanol–water partition coefficient (Wildman–Crippen LogP) is 3.93. The van der Waals surface area contributed by atoms with Crippen LogP contribution in [0.2, 0.25) is 0 Å². The van der Waals surface area contributed by atoms with Crippen LogP contribution in [0.4, 0.5) is 5.00 Å². The first-order valence-corrected chi connectivity index (χ1v) is 8.37. The highest BCUT2D eigenvalue weighted by Crippen LogP contribution is 2.39. The lowest BCUT2D eigenvalue weighted by Gasteiger charge is -2.17. The summed E-state index contributed by atoms with van der Waals surface area (Å²) in [7, 11) is 0. The maximum atomic E-state index is 12.2. The summed E-state index contributed by atoms with van der Waals surface area (Å²) >= 11 is 1.57. The lowest BCUT2D eigenvalue weighted by molar-refractivity contribution is -0.115. The molecule has 3 rings (SSSR count). The number of thiophene rings is 1. The van der Waals surface area contributed by atoms with Crippen LogP contribution in [0.15, 0.2) is 30.3 Å². The van der Waals surface area contributed by atoms with Gasteiger partial charge in [0.2, 0.25) is 5.91 Å². The molecular weight excluding hydrogens is 292 g/mol. The van der Waals surface area contributed by atoms with E-state index in [2.05, 4.69) is 18.3 Å². The Kier molecular flexibility index (Phi) is 4.26. The van der Waals surface area contributed by atoms with Crippen molar-refractivity contribution in [2.24, 2.45) is 5.92 Å². The number of fused-ring (bicyclic) bond motifs is 1. The number of aryl methyl sites for hydroxylation is 1. The summed E-state index contributed by atoms with van der Waals surface area (Å²) in [6, 6.07) is 11.9. The molecule has 0 bridgehead atoms. The molecule has 0 radical (unpaired) electrons. The SMILES string of the molecule is CC1CCc2sc(NC(=O)Cc3ccccc3)c(C#N)c2C1. The van der Waals surface area contributed by atoms with Gasteiger partial charge in [-0.15, -0.1) is 11.3 Å². The highest BCUT2D eigenvalue weighted by molar-refractivity contribution is 7.16. The molecule has 4 heteroatoms. The molecule has 1 unspecified atom stereocenters. The van der Waals surface area contributed by atoms with Gasteiger partial charge in [0.15, 0.2) is 0 Å². The molecule has 0 saturated carbocycles. The minimum atomic E-state index is -0.0608. The number of carbonyl (C=O) groups excluding carboxylic acids is 1. The van der Waals surface area contributed by atoms with Gasteiger partial charge in [-0.25, -0.2) is 0 Å². The number of carbonyl (C=O) groups is 1. The van der Waals surface area contributed by atoms with Crippen molar-refractivity contribution in [1.82, 2.24) is 0 Å². The molecule has 1 heterocycles. The summed E-state index contributed by atoms with van der Waals surface area (Å²) in [6.07, 6.45) is 3.47. The molecule has 112 valence electrons. The third kappa shape index (κ3) is 3.05. The first-order valence-electron chi connectivity index (χ1n) is 7.55. The Labute approximate surface area is 134 Å². The Morgan fingerprint density at radius 3 is 2.91 bits per heavy atom. The van der Waals surface area contributed by atoms with Crippen LogP contribution < -0.4 is 5.32 Å². The van der Waals surface area contributed by atoms with Crippen LogP contribution in [-0.4, -0.2) is 5.91 Å². The lowest BCUT2D eigenvalue weighted by Crippen LogP contribution is -2.14. The van der Waals surface area contributed by atoms with E-state index in [-0.39, 0.29) is 5.91 Å². The molecule has 22 heavy (non-hydrogen) atoms. The standard InChI is InChI=1S/C18H18N2OS/c1-12-7-8-16-14(9-12)15(11-19)18(22-16)20-17(21)10-13-5-3-2-4-6-13/h2-6,12H,7-10H2,1H3,(H,20,21). The molecule has 1 aliphatic carbocycles. The summed E-state index contributed by atoms with van der Waals surface area (Å²) in [5, 5.41) is 13.1. The zero-order valence-corrected chi connectivity index (χ0v) is 13.4. The number of nitriles is 1. The number of benzene rings is 1. The Bertz CT molecular complexity index is 728. The number of rotatable bonds is 3. The van der Waals surface area contributed by atoms with Gasteiger partial charge in [-0.05, 0) is 36.3 Å². The molecule has 1 atom stereocenters. The Morgan fingerprint density at radius 2 is 2.18 bits per heavy atom. The summed E-state index contributed by atoms with van der Waals surface area (Å²) in [6.45, 7) is 2.22. The van der Waals surface area contributed by atoms with E-state index in [1.54, 1.807) is 11.3 Å². The second-order valence-corrected chi connectivity index (χ2v) is 6.98. The molecule has 1 aromatic carbocycles. The number of anilines is 1. The van der Waals surface area contributed by atoms with Gasteiger partial charge in [0.05, 0.1) is 12.0 Å². The summed E-state index contributed by atoms with van der Waals surface area (Å²) < 4.78 is 0. The Morgan fingerprint density at radius 1 is 1.41 bits per heavy atom. The van der Waals surface area contributed by atoms with Gasteiger partial charge in [0.1, 0.15) is 11.1 Å². The van der Waals surface area contributed by atoms with Gasteiger partial charge in [-0.3, -0.25) is 4.79 Å². The van der Waals surface area contributed by atoms with E-state index in [1.807, 2.05) is 30.3 Å². The van der Waals surface area contributed by atoms with E-state index in [9.17, 15) is 10.1 Å². The third-order valence-corrected chi connectivity index (χ3v) is 5.29. The highest BCUT2D eigenvalue weighted by atomic mass is 32.1. The van der Waals surface area contributed by atoms with Crippen LogP contribution in [-0.2, 0) is 24.1 Å². The maximum absolute atomic E-state index is 12.2. The van der Waals surface area contributed by atoms with E-state index in [4.69, 9.17) is 0 Å². The topological polar surface area (TPSA) is 52.9 Å². The Balaban J connectivity index is 1.78. The summed E-state index contributed by atoms with van der Waals surface area (Å²) in [4.78, 5) is 13.5. The van der Waals surface area contributed by atoms with Gasteiger partial charge in [-0.2, -0.15) is 5.26 Å². The number of hydrogen-bond donors (Lipinski definition) is 1. The van der Waals surface area contributed by atoms with Crippen LogP contribution >= 0.6 is 11.3 Å². The van der Waals surface area contributed by atoms with Crippen molar-refractivity contribution in [2.75, 3.05) is 5.32 Å². The quantitative estimate of drug-likeness (QED) is 0.934. The lowest BCUT2D eigenvalue weighted by atomic mass is 9.88. The fourth-order valence-corrected chi connectivity index (χ4v) is 4.13. The van der Waals surface area contributed by atoms with Gasteiger partial charge >= 0.3 is 0 Å². The molecular formula is C18H18N2OS. The molecule has 1 amide bonds. The van der Waals surface area contributed by atoms with Crippen molar-refractivity contribution < 1.29 is 4.79 Å². The van der Waals surface area contributed by atoms with Crippen molar-refractivity contribution in [3.8, 4) is 6.07 Å². The highest BCUT2D eigenvalue weighted by Gasteiger charge is 2.24. The van der Waals surface area contributed by atoms with Crippen LogP contribution in [0.25, 0.3) is 0 Å². The average Bonchev–Trinajstić information content (AvgIpc) is 2.84.